The Morgan fingerprint density at radius 2 is 1.69 bits per heavy atom. The molecule has 0 bridgehead atoms. The van der Waals surface area contributed by atoms with Crippen LogP contribution >= 0.6 is 0 Å². The quantitative estimate of drug-likeness (QED) is 0.288. The largest absolute Gasteiger partial charge is 0.507 e. The number of carbonyl (C=O) groups is 2. The second-order valence-electron chi connectivity index (χ2n) is 9.15. The van der Waals surface area contributed by atoms with Gasteiger partial charge in [-0.2, -0.15) is 0 Å². The summed E-state index contributed by atoms with van der Waals surface area (Å²) in [7, 11) is 0. The van der Waals surface area contributed by atoms with E-state index in [1.54, 1.807) is 0 Å². The molecule has 1 fully saturated rings. The third-order valence-corrected chi connectivity index (χ3v) is 6.95. The number of ketones is 1. The zero-order valence-electron chi connectivity index (χ0n) is 20.1. The Morgan fingerprint density at radius 1 is 0.971 bits per heavy atom. The van der Waals surface area contributed by atoms with Gasteiger partial charge in [0, 0.05) is 11.3 Å². The molecule has 1 atom stereocenters. The number of aryl methyl sites for hydroxylation is 3. The number of aliphatic hydroxyl groups is 1. The summed E-state index contributed by atoms with van der Waals surface area (Å²) in [4.78, 5) is 28.3. The second kappa shape index (κ2) is 9.41. The van der Waals surface area contributed by atoms with Gasteiger partial charge in [0.25, 0.3) is 11.7 Å². The Labute approximate surface area is 205 Å². The Hall–Kier alpha value is -3.86. The van der Waals surface area contributed by atoms with E-state index in [-0.39, 0.29) is 11.3 Å². The molecule has 178 valence electrons. The third-order valence-electron chi connectivity index (χ3n) is 6.95. The van der Waals surface area contributed by atoms with Crippen LogP contribution in [0, 0.1) is 6.92 Å². The highest BCUT2D eigenvalue weighted by atomic mass is 16.5. The Balaban J connectivity index is 1.68. The highest BCUT2D eigenvalue weighted by molar-refractivity contribution is 6.51. The lowest BCUT2D eigenvalue weighted by Gasteiger charge is -2.27. The summed E-state index contributed by atoms with van der Waals surface area (Å²) < 4.78 is 5.58. The predicted molar refractivity (Wildman–Crippen MR) is 137 cm³/mol. The van der Waals surface area contributed by atoms with Crippen LogP contribution in [0.4, 0.5) is 5.69 Å². The summed E-state index contributed by atoms with van der Waals surface area (Å²) in [5.41, 5.74) is 5.43. The molecule has 5 rings (SSSR count). The summed E-state index contributed by atoms with van der Waals surface area (Å²) in [6, 6.07) is 20.0. The molecule has 5 nitrogen and oxygen atoms in total. The van der Waals surface area contributed by atoms with E-state index < -0.39 is 17.7 Å². The minimum atomic E-state index is -0.747. The van der Waals surface area contributed by atoms with Crippen LogP contribution in [0.1, 0.15) is 53.6 Å². The Bertz CT molecular complexity index is 1320. The SMILES string of the molecule is CCOc1ccc(C2/C(=C(/O)c3ccc4c(c3)CCCC4)C(=O)C(=O)N2c2ccccc2C)cc1. The first-order chi connectivity index (χ1) is 17.0. The van der Waals surface area contributed by atoms with E-state index in [2.05, 4.69) is 0 Å². The fraction of sp³-hybridized carbons (Fsp3) is 0.267. The number of hydrogen-bond acceptors (Lipinski definition) is 4. The molecule has 1 saturated heterocycles. The van der Waals surface area contributed by atoms with Gasteiger partial charge in [0.15, 0.2) is 0 Å². The van der Waals surface area contributed by atoms with E-state index in [0.717, 1.165) is 36.8 Å². The standard InChI is InChI=1S/C30H29NO4/c1-3-35-24-16-14-21(15-17-24)27-26(28(32)23-13-12-20-9-5-6-10-22(20)18-23)29(33)30(34)31(27)25-11-7-4-8-19(25)2/h4,7-8,11-18,27,32H,3,5-6,9-10H2,1-2H3/b28-26-. The average Bonchev–Trinajstić information content (AvgIpc) is 3.14. The molecule has 1 unspecified atom stereocenters. The van der Waals surface area contributed by atoms with E-state index in [4.69, 9.17) is 4.74 Å². The van der Waals surface area contributed by atoms with E-state index in [0.29, 0.717) is 23.6 Å². The monoisotopic (exact) mass is 467 g/mol. The molecule has 1 aliphatic carbocycles. The maximum atomic E-state index is 13.4. The van der Waals surface area contributed by atoms with Gasteiger partial charge in [-0.1, -0.05) is 42.5 Å². The van der Waals surface area contributed by atoms with Gasteiger partial charge in [-0.25, -0.2) is 0 Å². The van der Waals surface area contributed by atoms with Crippen LogP contribution in [-0.2, 0) is 22.4 Å². The zero-order chi connectivity index (χ0) is 24.5. The predicted octanol–water partition coefficient (Wildman–Crippen LogP) is 5.90. The van der Waals surface area contributed by atoms with Crippen molar-refractivity contribution >= 4 is 23.1 Å². The normalized spacial score (nSPS) is 19.0. The molecule has 1 amide bonds. The van der Waals surface area contributed by atoms with Crippen molar-refractivity contribution in [1.29, 1.82) is 0 Å². The minimum absolute atomic E-state index is 0.109. The van der Waals surface area contributed by atoms with Crippen molar-refractivity contribution in [1.82, 2.24) is 0 Å². The summed E-state index contributed by atoms with van der Waals surface area (Å²) >= 11 is 0. The number of ether oxygens (including phenoxy) is 1. The topological polar surface area (TPSA) is 66.8 Å². The summed E-state index contributed by atoms with van der Waals surface area (Å²) in [5, 5.41) is 11.5. The Morgan fingerprint density at radius 3 is 2.40 bits per heavy atom. The average molecular weight is 468 g/mol. The van der Waals surface area contributed by atoms with E-state index >= 15 is 0 Å². The number of amides is 1. The fourth-order valence-electron chi connectivity index (χ4n) is 5.18. The molecule has 0 spiro atoms. The molecule has 1 N–H and O–H groups in total. The van der Waals surface area contributed by atoms with Crippen molar-refractivity contribution in [2.24, 2.45) is 0 Å². The van der Waals surface area contributed by atoms with Gasteiger partial charge in [0.05, 0.1) is 18.2 Å². The summed E-state index contributed by atoms with van der Waals surface area (Å²) in [6.07, 6.45) is 4.26. The van der Waals surface area contributed by atoms with E-state index in [1.807, 2.05) is 80.6 Å². The summed E-state index contributed by atoms with van der Waals surface area (Å²) in [6.45, 7) is 4.37. The van der Waals surface area contributed by atoms with Crippen molar-refractivity contribution < 1.29 is 19.4 Å². The highest BCUT2D eigenvalue weighted by Gasteiger charge is 2.47. The van der Waals surface area contributed by atoms with Gasteiger partial charge in [-0.3, -0.25) is 14.5 Å². The van der Waals surface area contributed by atoms with E-state index in [1.165, 1.54) is 16.0 Å². The van der Waals surface area contributed by atoms with E-state index in [9.17, 15) is 14.7 Å². The first-order valence-electron chi connectivity index (χ1n) is 12.2. The molecule has 5 heteroatoms. The molecule has 1 aliphatic heterocycles. The van der Waals surface area contributed by atoms with Crippen LogP contribution in [0.5, 0.6) is 5.75 Å². The molecule has 35 heavy (non-hydrogen) atoms. The fourth-order valence-corrected chi connectivity index (χ4v) is 5.18. The summed E-state index contributed by atoms with van der Waals surface area (Å²) in [5.74, 6) is -0.745. The molecule has 0 radical (unpaired) electrons. The Kier molecular flexibility index (Phi) is 6.16. The molecule has 2 aliphatic rings. The van der Waals surface area contributed by atoms with Crippen LogP contribution in [-0.4, -0.2) is 23.4 Å². The number of hydrogen-bond donors (Lipinski definition) is 1. The van der Waals surface area contributed by atoms with Gasteiger partial charge in [-0.05, 0) is 86.1 Å². The lowest BCUT2D eigenvalue weighted by atomic mass is 9.88. The number of rotatable bonds is 5. The number of fused-ring (bicyclic) bond motifs is 1. The van der Waals surface area contributed by atoms with Crippen LogP contribution in [0.2, 0.25) is 0 Å². The molecular weight excluding hydrogens is 438 g/mol. The van der Waals surface area contributed by atoms with Crippen molar-refractivity contribution in [2.75, 3.05) is 11.5 Å². The molecular formula is C30H29NO4. The number of nitrogens with zero attached hydrogens (tertiary/aromatic N) is 1. The van der Waals surface area contributed by atoms with Gasteiger partial charge >= 0.3 is 0 Å². The molecule has 3 aromatic carbocycles. The van der Waals surface area contributed by atoms with Gasteiger partial charge in [0.1, 0.15) is 11.5 Å². The number of aliphatic hydroxyl groups excluding tert-OH is 1. The molecule has 3 aromatic rings. The molecule has 0 aromatic heterocycles. The van der Waals surface area contributed by atoms with Crippen LogP contribution in [0.3, 0.4) is 0 Å². The number of para-hydroxylation sites is 1. The second-order valence-corrected chi connectivity index (χ2v) is 9.15. The van der Waals surface area contributed by atoms with Gasteiger partial charge < -0.3 is 9.84 Å². The lowest BCUT2D eigenvalue weighted by Crippen LogP contribution is -2.30. The number of anilines is 1. The first kappa shape index (κ1) is 22.9. The van der Waals surface area contributed by atoms with Crippen molar-refractivity contribution in [3.63, 3.8) is 0 Å². The zero-order valence-corrected chi connectivity index (χ0v) is 20.1. The number of carbonyl (C=O) groups excluding carboxylic acids is 2. The van der Waals surface area contributed by atoms with Crippen molar-refractivity contribution in [2.45, 2.75) is 45.6 Å². The van der Waals surface area contributed by atoms with Crippen molar-refractivity contribution in [3.8, 4) is 5.75 Å². The number of benzene rings is 3. The van der Waals surface area contributed by atoms with Gasteiger partial charge in [0.2, 0.25) is 0 Å². The first-order valence-corrected chi connectivity index (χ1v) is 12.2. The molecule has 0 saturated carbocycles. The van der Waals surface area contributed by atoms with Crippen molar-refractivity contribution in [3.05, 3.63) is 100 Å². The van der Waals surface area contributed by atoms with Crippen LogP contribution < -0.4 is 9.64 Å². The third kappa shape index (κ3) is 4.12. The number of Topliss-reactive ketones (excluding diaryl/α,β-unsaturated/α-hetero) is 1. The lowest BCUT2D eigenvalue weighted by molar-refractivity contribution is -0.132. The smallest absolute Gasteiger partial charge is 0.300 e. The minimum Gasteiger partial charge on any atom is -0.507 e. The maximum absolute atomic E-state index is 13.4. The van der Waals surface area contributed by atoms with Crippen LogP contribution in [0.15, 0.2) is 72.3 Å². The maximum Gasteiger partial charge on any atom is 0.300 e. The van der Waals surface area contributed by atoms with Crippen LogP contribution in [0.25, 0.3) is 5.76 Å². The highest BCUT2D eigenvalue weighted by Crippen LogP contribution is 2.43. The molecule has 1 heterocycles. The van der Waals surface area contributed by atoms with Gasteiger partial charge in [-0.15, -0.1) is 0 Å².